The van der Waals surface area contributed by atoms with E-state index in [4.69, 9.17) is 21.3 Å². The second-order valence-corrected chi connectivity index (χ2v) is 10.8. The van der Waals surface area contributed by atoms with Gasteiger partial charge in [-0.15, -0.1) is 0 Å². The van der Waals surface area contributed by atoms with E-state index in [0.717, 1.165) is 61.2 Å². The second kappa shape index (κ2) is 12.6. The third-order valence-electron chi connectivity index (χ3n) is 7.69. The molecule has 6 heteroatoms. The molecule has 3 aromatic carbocycles. The van der Waals surface area contributed by atoms with Crippen LogP contribution in [0.2, 0.25) is 5.02 Å². The zero-order valence-corrected chi connectivity index (χ0v) is 22.9. The number of Topliss-reactive ketones (excluding diaryl/α,β-unsaturated/α-hetero) is 1. The smallest absolute Gasteiger partial charge is 0.164 e. The Morgan fingerprint density at radius 1 is 0.974 bits per heavy atom. The molecule has 0 radical (unpaired) electrons. The maximum absolute atomic E-state index is 12.4. The Morgan fingerprint density at radius 3 is 2.50 bits per heavy atom. The fourth-order valence-corrected chi connectivity index (χ4v) is 5.56. The normalized spacial score (nSPS) is 14.7. The molecule has 4 aromatic rings. The molecule has 198 valence electrons. The van der Waals surface area contributed by atoms with Crippen molar-refractivity contribution < 1.29 is 9.53 Å². The predicted octanol–water partition coefficient (Wildman–Crippen LogP) is 7.34. The molecule has 5 rings (SSSR count). The summed E-state index contributed by atoms with van der Waals surface area (Å²) in [5, 5.41) is 0.701. The number of ether oxygens (including phenoxy) is 1. The maximum Gasteiger partial charge on any atom is 0.164 e. The lowest BCUT2D eigenvalue weighted by molar-refractivity contribution is 0.0949. The van der Waals surface area contributed by atoms with E-state index < -0.39 is 0 Å². The summed E-state index contributed by atoms with van der Waals surface area (Å²) in [4.78, 5) is 19.8. The quantitative estimate of drug-likeness (QED) is 0.191. The van der Waals surface area contributed by atoms with E-state index in [1.54, 1.807) is 0 Å². The minimum absolute atomic E-state index is 0.242. The highest BCUT2D eigenvalue weighted by Crippen LogP contribution is 2.26. The van der Waals surface area contributed by atoms with Crippen LogP contribution in [0.15, 0.2) is 72.8 Å². The van der Waals surface area contributed by atoms with E-state index in [1.165, 1.54) is 30.3 Å². The number of likely N-dealkylation sites (tertiary alicyclic amines) is 1. The van der Waals surface area contributed by atoms with Gasteiger partial charge in [0.05, 0.1) is 11.0 Å². The predicted molar refractivity (Wildman–Crippen MR) is 154 cm³/mol. The van der Waals surface area contributed by atoms with Gasteiger partial charge in [0.25, 0.3) is 0 Å². The minimum atomic E-state index is 0.242. The molecule has 0 atom stereocenters. The maximum atomic E-state index is 12.4. The molecule has 0 N–H and O–H groups in total. The zero-order valence-electron chi connectivity index (χ0n) is 22.1. The molecule has 0 bridgehead atoms. The molecule has 0 amide bonds. The van der Waals surface area contributed by atoms with E-state index in [2.05, 4.69) is 34.6 Å². The number of piperidine rings is 1. The van der Waals surface area contributed by atoms with Crippen molar-refractivity contribution in [2.45, 2.75) is 52.2 Å². The monoisotopic (exact) mass is 529 g/mol. The molecule has 0 aliphatic carbocycles. The summed E-state index contributed by atoms with van der Waals surface area (Å²) in [5.74, 6) is 2.73. The van der Waals surface area contributed by atoms with Gasteiger partial charge in [0.15, 0.2) is 5.78 Å². The molecular weight excluding hydrogens is 494 g/mol. The Hall–Kier alpha value is -3.15. The van der Waals surface area contributed by atoms with Gasteiger partial charge in [0.2, 0.25) is 0 Å². The molecule has 1 saturated heterocycles. The van der Waals surface area contributed by atoms with Crippen LogP contribution in [-0.4, -0.2) is 39.9 Å². The number of fused-ring (bicyclic) bond motifs is 1. The Kier molecular flexibility index (Phi) is 8.77. The molecule has 38 heavy (non-hydrogen) atoms. The van der Waals surface area contributed by atoms with Crippen molar-refractivity contribution in [2.75, 3.05) is 19.6 Å². The molecule has 1 fully saturated rings. The number of para-hydroxylation sites is 1. The van der Waals surface area contributed by atoms with Crippen LogP contribution in [0.4, 0.5) is 0 Å². The van der Waals surface area contributed by atoms with Crippen LogP contribution < -0.4 is 4.74 Å². The molecule has 0 spiro atoms. The van der Waals surface area contributed by atoms with Gasteiger partial charge in [-0.25, -0.2) is 4.98 Å². The topological polar surface area (TPSA) is 47.4 Å². The fourth-order valence-electron chi connectivity index (χ4n) is 5.44. The standard InChI is InChI=1S/C32H36ClN3O2/c1-24-7-5-11-29-32(24)34-31(23-38-28-14-12-27(33)13-15-28)36(29)19-6-8-25-16-20-35(21-17-25)22-18-30(37)26-9-3-2-4-10-26/h2-5,7,9-15,25H,6,8,16-23H2,1H3. The van der Waals surface area contributed by atoms with Crippen LogP contribution in [0.3, 0.4) is 0 Å². The number of benzene rings is 3. The first-order valence-corrected chi connectivity index (χ1v) is 14.1. The minimum Gasteiger partial charge on any atom is -0.486 e. The molecular formula is C32H36ClN3O2. The summed E-state index contributed by atoms with van der Waals surface area (Å²) in [7, 11) is 0. The number of aromatic nitrogens is 2. The van der Waals surface area contributed by atoms with Gasteiger partial charge < -0.3 is 14.2 Å². The summed E-state index contributed by atoms with van der Waals surface area (Å²) < 4.78 is 8.40. The molecule has 0 saturated carbocycles. The molecule has 0 unspecified atom stereocenters. The summed E-state index contributed by atoms with van der Waals surface area (Å²) >= 11 is 6.02. The van der Waals surface area contributed by atoms with Crippen molar-refractivity contribution in [3.63, 3.8) is 0 Å². The van der Waals surface area contributed by atoms with Gasteiger partial charge in [-0.1, -0.05) is 54.1 Å². The number of halogens is 1. The average molecular weight is 530 g/mol. The number of carbonyl (C=O) groups is 1. The lowest BCUT2D eigenvalue weighted by atomic mass is 9.92. The van der Waals surface area contributed by atoms with E-state index in [1.807, 2.05) is 54.6 Å². The lowest BCUT2D eigenvalue weighted by Gasteiger charge is -2.31. The van der Waals surface area contributed by atoms with Gasteiger partial charge >= 0.3 is 0 Å². The van der Waals surface area contributed by atoms with Gasteiger partial charge in [-0.3, -0.25) is 4.79 Å². The van der Waals surface area contributed by atoms with Gasteiger partial charge in [0.1, 0.15) is 18.2 Å². The highest BCUT2D eigenvalue weighted by Gasteiger charge is 2.20. The SMILES string of the molecule is Cc1cccc2c1nc(COc1ccc(Cl)cc1)n2CCCC1CCN(CCC(=O)c2ccccc2)CC1. The summed E-state index contributed by atoms with van der Waals surface area (Å²) in [6.07, 6.45) is 5.33. The van der Waals surface area contributed by atoms with Crippen LogP contribution in [0, 0.1) is 12.8 Å². The van der Waals surface area contributed by atoms with E-state index in [9.17, 15) is 4.79 Å². The van der Waals surface area contributed by atoms with E-state index in [-0.39, 0.29) is 5.78 Å². The number of carbonyl (C=O) groups excluding carboxylic acids is 1. The first-order valence-electron chi connectivity index (χ1n) is 13.7. The number of hydrogen-bond acceptors (Lipinski definition) is 4. The second-order valence-electron chi connectivity index (χ2n) is 10.3. The van der Waals surface area contributed by atoms with Crippen molar-refractivity contribution in [1.29, 1.82) is 0 Å². The number of aryl methyl sites for hydroxylation is 2. The summed E-state index contributed by atoms with van der Waals surface area (Å²) in [5.41, 5.74) is 4.24. The molecule has 1 aliphatic rings. The lowest BCUT2D eigenvalue weighted by Crippen LogP contribution is -2.35. The van der Waals surface area contributed by atoms with Crippen molar-refractivity contribution in [1.82, 2.24) is 14.5 Å². The van der Waals surface area contributed by atoms with Gasteiger partial charge in [-0.2, -0.15) is 0 Å². The number of nitrogens with zero attached hydrogens (tertiary/aromatic N) is 3. The number of rotatable bonds is 11. The summed E-state index contributed by atoms with van der Waals surface area (Å²) in [6.45, 7) is 6.50. The van der Waals surface area contributed by atoms with Crippen molar-refractivity contribution in [3.8, 4) is 5.75 Å². The Morgan fingerprint density at radius 2 is 1.74 bits per heavy atom. The number of ketones is 1. The van der Waals surface area contributed by atoms with Crippen molar-refractivity contribution >= 4 is 28.4 Å². The Balaban J connectivity index is 1.12. The van der Waals surface area contributed by atoms with E-state index in [0.29, 0.717) is 18.1 Å². The highest BCUT2D eigenvalue weighted by molar-refractivity contribution is 6.30. The average Bonchev–Trinajstić information content (AvgIpc) is 3.31. The Bertz CT molecular complexity index is 1340. The first-order chi connectivity index (χ1) is 18.6. The van der Waals surface area contributed by atoms with E-state index >= 15 is 0 Å². The highest BCUT2D eigenvalue weighted by atomic mass is 35.5. The molecule has 5 nitrogen and oxygen atoms in total. The van der Waals surface area contributed by atoms with Crippen LogP contribution in [0.25, 0.3) is 11.0 Å². The molecule has 1 aromatic heterocycles. The van der Waals surface area contributed by atoms with Gasteiger partial charge in [0, 0.05) is 30.1 Å². The van der Waals surface area contributed by atoms with Crippen LogP contribution >= 0.6 is 11.6 Å². The molecule has 2 heterocycles. The third kappa shape index (κ3) is 6.64. The first kappa shape index (κ1) is 26.5. The largest absolute Gasteiger partial charge is 0.486 e. The Labute approximate surface area is 230 Å². The van der Waals surface area contributed by atoms with Gasteiger partial charge in [-0.05, 0) is 87.5 Å². The fraction of sp³-hybridized carbons (Fsp3) is 0.375. The summed E-state index contributed by atoms with van der Waals surface area (Å²) in [6, 6.07) is 23.5. The number of imidazole rings is 1. The van der Waals surface area contributed by atoms with Crippen LogP contribution in [-0.2, 0) is 13.2 Å². The van der Waals surface area contributed by atoms with Crippen molar-refractivity contribution in [2.24, 2.45) is 5.92 Å². The molecule has 1 aliphatic heterocycles. The third-order valence-corrected chi connectivity index (χ3v) is 7.95. The van der Waals surface area contributed by atoms with Crippen molar-refractivity contribution in [3.05, 3.63) is 94.8 Å². The van der Waals surface area contributed by atoms with Crippen LogP contribution in [0.5, 0.6) is 5.75 Å². The number of hydrogen-bond donors (Lipinski definition) is 0. The van der Waals surface area contributed by atoms with Crippen LogP contribution in [0.1, 0.15) is 53.8 Å². The zero-order chi connectivity index (χ0) is 26.3.